The maximum atomic E-state index is 10.00. The Morgan fingerprint density at radius 3 is 2.86 bits per heavy atom. The number of aromatic nitrogens is 2. The van der Waals surface area contributed by atoms with Gasteiger partial charge in [0.05, 0.1) is 0 Å². The lowest BCUT2D eigenvalue weighted by atomic mass is 10.2. The Kier molecular flexibility index (Phi) is 2.39. The molecular formula is C10H12N2OS. The van der Waals surface area contributed by atoms with Gasteiger partial charge in [0.15, 0.2) is 0 Å². The Morgan fingerprint density at radius 1 is 1.57 bits per heavy atom. The monoisotopic (exact) mass is 208 g/mol. The predicted octanol–water partition coefficient (Wildman–Crippen LogP) is 1.87. The number of hydrogen-bond acceptors (Lipinski definition) is 3. The molecule has 0 aromatic carbocycles. The van der Waals surface area contributed by atoms with Crippen LogP contribution in [0.2, 0.25) is 0 Å². The zero-order chi connectivity index (χ0) is 10.1. The molecule has 0 aliphatic rings. The van der Waals surface area contributed by atoms with Crippen LogP contribution in [0.25, 0.3) is 0 Å². The highest BCUT2D eigenvalue weighted by atomic mass is 32.1. The Bertz CT molecular complexity index is 433. The van der Waals surface area contributed by atoms with Crippen LogP contribution < -0.4 is 0 Å². The fraction of sp³-hybridized carbons (Fsp3) is 0.300. The minimum absolute atomic E-state index is 0.611. The first-order chi connectivity index (χ1) is 6.68. The number of thiophene rings is 1. The summed E-state index contributed by atoms with van der Waals surface area (Å²) in [7, 11) is 1.88. The molecule has 0 fully saturated rings. The van der Waals surface area contributed by atoms with Crippen LogP contribution in [0.3, 0.4) is 0 Å². The smallest absolute Gasteiger partial charge is 0.142 e. The van der Waals surface area contributed by atoms with E-state index in [4.69, 9.17) is 0 Å². The second-order valence-electron chi connectivity index (χ2n) is 3.29. The summed E-state index contributed by atoms with van der Waals surface area (Å²) in [6.07, 6.45) is 2.91. The fourth-order valence-electron chi connectivity index (χ4n) is 1.40. The molecule has 74 valence electrons. The summed E-state index contributed by atoms with van der Waals surface area (Å²) in [5.74, 6) is 0.683. The van der Waals surface area contributed by atoms with Gasteiger partial charge >= 0.3 is 0 Å². The molecule has 0 saturated heterocycles. The van der Waals surface area contributed by atoms with Crippen LogP contribution in [-0.2, 0) is 7.05 Å². The van der Waals surface area contributed by atoms with Gasteiger partial charge in [0.1, 0.15) is 11.9 Å². The fourth-order valence-corrected chi connectivity index (χ4v) is 2.12. The molecule has 0 saturated carbocycles. The normalized spacial score (nSPS) is 13.1. The standard InChI is InChI=1S/C10H12N2OS/c1-7-5-8(6-14-7)9(13)10-11-3-4-12(10)2/h3-6,9,13H,1-2H3. The molecule has 0 amide bonds. The first-order valence-electron chi connectivity index (χ1n) is 4.39. The van der Waals surface area contributed by atoms with Crippen LogP contribution in [0, 0.1) is 6.92 Å². The minimum Gasteiger partial charge on any atom is -0.380 e. The SMILES string of the molecule is Cc1cc(C(O)c2nccn2C)cs1. The summed E-state index contributed by atoms with van der Waals surface area (Å²) in [6.45, 7) is 2.03. The molecule has 0 spiro atoms. The molecule has 2 heterocycles. The highest BCUT2D eigenvalue weighted by Crippen LogP contribution is 2.24. The number of rotatable bonds is 2. The Morgan fingerprint density at radius 2 is 2.36 bits per heavy atom. The molecule has 14 heavy (non-hydrogen) atoms. The van der Waals surface area contributed by atoms with Gasteiger partial charge in [-0.3, -0.25) is 0 Å². The quantitative estimate of drug-likeness (QED) is 0.818. The van der Waals surface area contributed by atoms with E-state index in [0.29, 0.717) is 5.82 Å². The molecular weight excluding hydrogens is 196 g/mol. The molecule has 1 unspecified atom stereocenters. The Balaban J connectivity index is 2.33. The summed E-state index contributed by atoms with van der Waals surface area (Å²) < 4.78 is 1.83. The summed E-state index contributed by atoms with van der Waals surface area (Å²) >= 11 is 1.64. The van der Waals surface area contributed by atoms with Crippen LogP contribution >= 0.6 is 11.3 Å². The maximum absolute atomic E-state index is 10.00. The van der Waals surface area contributed by atoms with Gasteiger partial charge in [0.25, 0.3) is 0 Å². The number of imidazole rings is 1. The van der Waals surface area contributed by atoms with Gasteiger partial charge in [-0.25, -0.2) is 4.98 Å². The number of aliphatic hydroxyl groups excluding tert-OH is 1. The summed E-state index contributed by atoms with van der Waals surface area (Å²) in [4.78, 5) is 5.32. The van der Waals surface area contributed by atoms with Crippen molar-refractivity contribution in [3.63, 3.8) is 0 Å². The highest BCUT2D eigenvalue weighted by molar-refractivity contribution is 7.10. The topological polar surface area (TPSA) is 38.1 Å². The summed E-state index contributed by atoms with van der Waals surface area (Å²) in [5.41, 5.74) is 0.918. The lowest BCUT2D eigenvalue weighted by Gasteiger charge is -2.08. The van der Waals surface area contributed by atoms with Crippen LogP contribution in [-0.4, -0.2) is 14.7 Å². The summed E-state index contributed by atoms with van der Waals surface area (Å²) in [6, 6.07) is 1.99. The third-order valence-corrected chi connectivity index (χ3v) is 3.05. The van der Waals surface area contributed by atoms with Crippen molar-refractivity contribution >= 4 is 11.3 Å². The van der Waals surface area contributed by atoms with Gasteiger partial charge in [0, 0.05) is 24.3 Å². The molecule has 3 nitrogen and oxygen atoms in total. The molecule has 1 atom stereocenters. The van der Waals surface area contributed by atoms with E-state index >= 15 is 0 Å². The van der Waals surface area contributed by atoms with Crippen LogP contribution in [0.5, 0.6) is 0 Å². The minimum atomic E-state index is -0.611. The molecule has 4 heteroatoms. The van der Waals surface area contributed by atoms with Crippen LogP contribution in [0.4, 0.5) is 0 Å². The van der Waals surface area contributed by atoms with Crippen molar-refractivity contribution in [3.05, 3.63) is 40.1 Å². The first-order valence-corrected chi connectivity index (χ1v) is 5.27. The number of nitrogens with zero attached hydrogens (tertiary/aromatic N) is 2. The van der Waals surface area contributed by atoms with E-state index in [2.05, 4.69) is 4.98 Å². The molecule has 2 rings (SSSR count). The van der Waals surface area contributed by atoms with Gasteiger partial charge in [-0.05, 0) is 23.9 Å². The second-order valence-corrected chi connectivity index (χ2v) is 4.40. The third kappa shape index (κ3) is 1.58. The van der Waals surface area contributed by atoms with Crippen molar-refractivity contribution in [2.24, 2.45) is 7.05 Å². The van der Waals surface area contributed by atoms with E-state index in [1.807, 2.05) is 36.2 Å². The van der Waals surface area contributed by atoms with Crippen molar-refractivity contribution in [3.8, 4) is 0 Å². The molecule has 2 aromatic heterocycles. The van der Waals surface area contributed by atoms with Crippen molar-refractivity contribution in [2.45, 2.75) is 13.0 Å². The zero-order valence-corrected chi connectivity index (χ0v) is 8.95. The summed E-state index contributed by atoms with van der Waals surface area (Å²) in [5, 5.41) is 12.0. The number of hydrogen-bond donors (Lipinski definition) is 1. The Hall–Kier alpha value is -1.13. The van der Waals surface area contributed by atoms with Gasteiger partial charge < -0.3 is 9.67 Å². The third-order valence-electron chi connectivity index (χ3n) is 2.17. The van der Waals surface area contributed by atoms with Gasteiger partial charge in [-0.2, -0.15) is 0 Å². The largest absolute Gasteiger partial charge is 0.380 e. The molecule has 1 N–H and O–H groups in total. The van der Waals surface area contributed by atoms with Crippen molar-refractivity contribution < 1.29 is 5.11 Å². The van der Waals surface area contributed by atoms with E-state index in [9.17, 15) is 5.11 Å². The lowest BCUT2D eigenvalue weighted by molar-refractivity contribution is 0.206. The van der Waals surface area contributed by atoms with Crippen molar-refractivity contribution in [2.75, 3.05) is 0 Å². The van der Waals surface area contributed by atoms with Gasteiger partial charge in [-0.1, -0.05) is 0 Å². The van der Waals surface area contributed by atoms with E-state index < -0.39 is 6.10 Å². The predicted molar refractivity (Wildman–Crippen MR) is 56.3 cm³/mol. The second kappa shape index (κ2) is 3.55. The van der Waals surface area contributed by atoms with E-state index in [-0.39, 0.29) is 0 Å². The van der Waals surface area contributed by atoms with Gasteiger partial charge in [-0.15, -0.1) is 11.3 Å². The van der Waals surface area contributed by atoms with Gasteiger partial charge in [0.2, 0.25) is 0 Å². The van der Waals surface area contributed by atoms with E-state index in [1.165, 1.54) is 4.88 Å². The molecule has 0 radical (unpaired) electrons. The van der Waals surface area contributed by atoms with Crippen LogP contribution in [0.1, 0.15) is 22.4 Å². The van der Waals surface area contributed by atoms with Crippen molar-refractivity contribution in [1.29, 1.82) is 0 Å². The van der Waals surface area contributed by atoms with Crippen molar-refractivity contribution in [1.82, 2.24) is 9.55 Å². The number of aryl methyl sites for hydroxylation is 2. The Labute approximate surface area is 86.7 Å². The number of aliphatic hydroxyl groups is 1. The van der Waals surface area contributed by atoms with E-state index in [0.717, 1.165) is 5.56 Å². The van der Waals surface area contributed by atoms with E-state index in [1.54, 1.807) is 17.5 Å². The molecule has 0 bridgehead atoms. The highest BCUT2D eigenvalue weighted by Gasteiger charge is 2.15. The molecule has 0 aliphatic carbocycles. The average molecular weight is 208 g/mol. The molecule has 0 aliphatic heterocycles. The van der Waals surface area contributed by atoms with Crippen LogP contribution in [0.15, 0.2) is 23.8 Å². The lowest BCUT2D eigenvalue weighted by Crippen LogP contribution is -2.05. The first kappa shape index (κ1) is 9.43. The molecule has 2 aromatic rings. The maximum Gasteiger partial charge on any atom is 0.142 e. The average Bonchev–Trinajstić information content (AvgIpc) is 2.73. The zero-order valence-electron chi connectivity index (χ0n) is 8.14.